The number of ether oxygens (including phenoxy) is 1. The molecular formula is C13H11N5O2S. The quantitative estimate of drug-likeness (QED) is 0.794. The van der Waals surface area contributed by atoms with Crippen molar-refractivity contribution in [3.05, 3.63) is 36.2 Å². The van der Waals surface area contributed by atoms with Crippen molar-refractivity contribution in [3.63, 3.8) is 0 Å². The van der Waals surface area contributed by atoms with Crippen LogP contribution in [0.2, 0.25) is 0 Å². The van der Waals surface area contributed by atoms with Crippen molar-refractivity contribution < 1.29 is 9.53 Å². The van der Waals surface area contributed by atoms with Crippen LogP contribution in [-0.4, -0.2) is 31.2 Å². The van der Waals surface area contributed by atoms with E-state index in [1.165, 1.54) is 12.4 Å². The number of anilines is 1. The fourth-order valence-corrected chi connectivity index (χ4v) is 2.23. The topological polar surface area (TPSA) is 89.9 Å². The van der Waals surface area contributed by atoms with Gasteiger partial charge in [0.25, 0.3) is 5.91 Å². The van der Waals surface area contributed by atoms with Crippen LogP contribution in [-0.2, 0) is 0 Å². The van der Waals surface area contributed by atoms with E-state index in [4.69, 9.17) is 4.74 Å². The summed E-state index contributed by atoms with van der Waals surface area (Å²) >= 11 is 1.12. The van der Waals surface area contributed by atoms with Gasteiger partial charge in [0.2, 0.25) is 0 Å². The molecule has 0 saturated carbocycles. The first-order valence-corrected chi connectivity index (χ1v) is 6.98. The van der Waals surface area contributed by atoms with Crippen LogP contribution in [0.15, 0.2) is 30.6 Å². The molecule has 0 atom stereocenters. The van der Waals surface area contributed by atoms with E-state index in [-0.39, 0.29) is 11.9 Å². The highest BCUT2D eigenvalue weighted by atomic mass is 32.1. The van der Waals surface area contributed by atoms with E-state index in [0.717, 1.165) is 17.2 Å². The van der Waals surface area contributed by atoms with Gasteiger partial charge < -0.3 is 10.1 Å². The van der Waals surface area contributed by atoms with Gasteiger partial charge in [-0.3, -0.25) is 4.79 Å². The van der Waals surface area contributed by atoms with Crippen molar-refractivity contribution in [3.8, 4) is 6.01 Å². The summed E-state index contributed by atoms with van der Waals surface area (Å²) in [5, 5.41) is 2.72. The SMILES string of the molecule is CCOc1ncc(NC(=O)c2ccc3nsnc3c2)cn1. The lowest BCUT2D eigenvalue weighted by atomic mass is 10.2. The van der Waals surface area contributed by atoms with Gasteiger partial charge in [0.05, 0.1) is 36.4 Å². The van der Waals surface area contributed by atoms with E-state index in [0.29, 0.717) is 23.4 Å². The highest BCUT2D eigenvalue weighted by Gasteiger charge is 2.09. The minimum atomic E-state index is -0.252. The normalized spacial score (nSPS) is 10.5. The first-order chi connectivity index (χ1) is 10.3. The maximum atomic E-state index is 12.1. The molecule has 3 rings (SSSR count). The van der Waals surface area contributed by atoms with Gasteiger partial charge in [0.1, 0.15) is 11.0 Å². The summed E-state index contributed by atoms with van der Waals surface area (Å²) in [6, 6.07) is 5.45. The molecule has 0 saturated heterocycles. The molecule has 1 aromatic carbocycles. The van der Waals surface area contributed by atoms with E-state index in [9.17, 15) is 4.79 Å². The van der Waals surface area contributed by atoms with Gasteiger partial charge in [0.15, 0.2) is 0 Å². The molecule has 0 unspecified atom stereocenters. The summed E-state index contributed by atoms with van der Waals surface area (Å²) in [6.07, 6.45) is 3.00. The number of hydrogen-bond donors (Lipinski definition) is 1. The second kappa shape index (κ2) is 5.80. The van der Waals surface area contributed by atoms with Crippen LogP contribution in [0.3, 0.4) is 0 Å². The Labute approximate surface area is 124 Å². The Kier molecular flexibility index (Phi) is 3.69. The Morgan fingerprint density at radius 1 is 1.24 bits per heavy atom. The second-order valence-electron chi connectivity index (χ2n) is 4.11. The van der Waals surface area contributed by atoms with Crippen LogP contribution in [0, 0.1) is 0 Å². The van der Waals surface area contributed by atoms with Gasteiger partial charge in [-0.1, -0.05) is 0 Å². The maximum Gasteiger partial charge on any atom is 0.316 e. The Bertz CT molecular complexity index is 772. The van der Waals surface area contributed by atoms with Gasteiger partial charge in [-0.05, 0) is 25.1 Å². The molecule has 7 nitrogen and oxygen atoms in total. The minimum Gasteiger partial charge on any atom is -0.464 e. The van der Waals surface area contributed by atoms with E-state index in [2.05, 4.69) is 24.0 Å². The lowest BCUT2D eigenvalue weighted by molar-refractivity contribution is 0.102. The fourth-order valence-electron chi connectivity index (χ4n) is 1.71. The van der Waals surface area contributed by atoms with Crippen molar-refractivity contribution >= 4 is 34.4 Å². The number of rotatable bonds is 4. The molecule has 2 heterocycles. The van der Waals surface area contributed by atoms with Crippen LogP contribution in [0.4, 0.5) is 5.69 Å². The highest BCUT2D eigenvalue weighted by Crippen LogP contribution is 2.15. The van der Waals surface area contributed by atoms with Crippen molar-refractivity contribution in [1.29, 1.82) is 0 Å². The first kappa shape index (κ1) is 13.4. The van der Waals surface area contributed by atoms with Gasteiger partial charge in [-0.15, -0.1) is 0 Å². The number of carbonyl (C=O) groups is 1. The van der Waals surface area contributed by atoms with E-state index < -0.39 is 0 Å². The van der Waals surface area contributed by atoms with Gasteiger partial charge >= 0.3 is 6.01 Å². The smallest absolute Gasteiger partial charge is 0.316 e. The first-order valence-electron chi connectivity index (χ1n) is 6.25. The Hall–Kier alpha value is -2.61. The number of fused-ring (bicyclic) bond motifs is 1. The number of aromatic nitrogens is 4. The molecule has 8 heteroatoms. The molecule has 0 aliphatic carbocycles. The maximum absolute atomic E-state index is 12.1. The summed E-state index contributed by atoms with van der Waals surface area (Å²) in [7, 11) is 0. The van der Waals surface area contributed by atoms with E-state index in [1.54, 1.807) is 18.2 Å². The summed E-state index contributed by atoms with van der Waals surface area (Å²) in [5.41, 5.74) is 2.49. The monoisotopic (exact) mass is 301 g/mol. The minimum absolute atomic E-state index is 0.252. The van der Waals surface area contributed by atoms with Gasteiger partial charge in [-0.2, -0.15) is 8.75 Å². The number of hydrogen-bond acceptors (Lipinski definition) is 7. The number of carbonyl (C=O) groups excluding carboxylic acids is 1. The largest absolute Gasteiger partial charge is 0.464 e. The third kappa shape index (κ3) is 2.95. The summed E-state index contributed by atoms with van der Waals surface area (Å²) in [4.78, 5) is 20.1. The van der Waals surface area contributed by atoms with Gasteiger partial charge in [-0.25, -0.2) is 9.97 Å². The number of nitrogens with one attached hydrogen (secondary N) is 1. The number of amides is 1. The third-order valence-electron chi connectivity index (χ3n) is 2.68. The van der Waals surface area contributed by atoms with Crippen LogP contribution in [0.1, 0.15) is 17.3 Å². The molecule has 0 spiro atoms. The van der Waals surface area contributed by atoms with Crippen LogP contribution < -0.4 is 10.1 Å². The molecule has 0 aliphatic rings. The molecule has 106 valence electrons. The number of benzene rings is 1. The Morgan fingerprint density at radius 3 is 2.76 bits per heavy atom. The van der Waals surface area contributed by atoms with Crippen LogP contribution in [0.25, 0.3) is 11.0 Å². The van der Waals surface area contributed by atoms with Crippen molar-refractivity contribution in [2.45, 2.75) is 6.92 Å². The van der Waals surface area contributed by atoms with Crippen molar-refractivity contribution in [1.82, 2.24) is 18.7 Å². The Morgan fingerprint density at radius 2 is 2.00 bits per heavy atom. The molecule has 1 N–H and O–H groups in total. The van der Waals surface area contributed by atoms with Crippen LogP contribution >= 0.6 is 11.7 Å². The predicted octanol–water partition coefficient (Wildman–Crippen LogP) is 2.13. The lowest BCUT2D eigenvalue weighted by Crippen LogP contribution is -2.12. The molecule has 0 bridgehead atoms. The van der Waals surface area contributed by atoms with E-state index >= 15 is 0 Å². The molecule has 1 amide bonds. The fraction of sp³-hybridized carbons (Fsp3) is 0.154. The van der Waals surface area contributed by atoms with Crippen molar-refractivity contribution in [2.24, 2.45) is 0 Å². The zero-order valence-electron chi connectivity index (χ0n) is 11.1. The number of nitrogens with zero attached hydrogens (tertiary/aromatic N) is 4. The molecular weight excluding hydrogens is 290 g/mol. The molecule has 3 aromatic rings. The molecule has 0 radical (unpaired) electrons. The van der Waals surface area contributed by atoms with Gasteiger partial charge in [0, 0.05) is 5.56 Å². The lowest BCUT2D eigenvalue weighted by Gasteiger charge is -2.05. The Balaban J connectivity index is 1.75. The van der Waals surface area contributed by atoms with Crippen molar-refractivity contribution in [2.75, 3.05) is 11.9 Å². The molecule has 21 heavy (non-hydrogen) atoms. The molecule has 2 aromatic heterocycles. The average Bonchev–Trinajstić information content (AvgIpc) is 2.97. The zero-order chi connectivity index (χ0) is 14.7. The average molecular weight is 301 g/mol. The standard InChI is InChI=1S/C13H11N5O2S/c1-2-20-13-14-6-9(7-15-13)16-12(19)8-3-4-10-11(5-8)18-21-17-10/h3-7H,2H2,1H3,(H,16,19). The molecule has 0 fully saturated rings. The van der Waals surface area contributed by atoms with Crippen LogP contribution in [0.5, 0.6) is 6.01 Å². The molecule has 0 aliphatic heterocycles. The summed E-state index contributed by atoms with van der Waals surface area (Å²) < 4.78 is 13.3. The summed E-state index contributed by atoms with van der Waals surface area (Å²) in [5.74, 6) is -0.252. The van der Waals surface area contributed by atoms with E-state index in [1.807, 2.05) is 6.92 Å². The predicted molar refractivity (Wildman–Crippen MR) is 78.6 cm³/mol. The summed E-state index contributed by atoms with van der Waals surface area (Å²) in [6.45, 7) is 2.34. The second-order valence-corrected chi connectivity index (χ2v) is 4.64. The highest BCUT2D eigenvalue weighted by molar-refractivity contribution is 7.00. The third-order valence-corrected chi connectivity index (χ3v) is 3.23. The zero-order valence-corrected chi connectivity index (χ0v) is 11.9.